The summed E-state index contributed by atoms with van der Waals surface area (Å²) in [5.41, 5.74) is 2.16. The third-order valence-electron chi connectivity index (χ3n) is 4.12. The molecule has 98 valence electrons. The molecule has 2 aliphatic rings. The number of hydrogen-bond acceptors (Lipinski definition) is 3. The van der Waals surface area contributed by atoms with Crippen LogP contribution in [-0.4, -0.2) is 11.0 Å². The Bertz CT molecular complexity index is 607. The second-order valence-electron chi connectivity index (χ2n) is 5.46. The van der Waals surface area contributed by atoms with Crippen molar-refractivity contribution in [2.24, 2.45) is 0 Å². The second-order valence-corrected chi connectivity index (χ2v) is 6.36. The van der Waals surface area contributed by atoms with E-state index in [1.807, 2.05) is 17.6 Å². The predicted octanol–water partition coefficient (Wildman–Crippen LogP) is 3.22. The summed E-state index contributed by atoms with van der Waals surface area (Å²) in [6.45, 7) is 0. The highest BCUT2D eigenvalue weighted by molar-refractivity contribution is 7.09. The minimum absolute atomic E-state index is 0.139. The number of fused-ring (bicyclic) bond motifs is 1. The van der Waals surface area contributed by atoms with Gasteiger partial charge in [-0.05, 0) is 48.9 Å². The molecular weight excluding hydrogens is 259 g/mol. The number of aryl methyl sites for hydroxylation is 1. The van der Waals surface area contributed by atoms with E-state index in [1.165, 1.54) is 18.4 Å². The first-order valence-electron chi connectivity index (χ1n) is 6.74. The Morgan fingerprint density at radius 3 is 3.00 bits per heavy atom. The summed E-state index contributed by atoms with van der Waals surface area (Å²) in [7, 11) is 0. The van der Waals surface area contributed by atoms with Crippen LogP contribution in [0.25, 0.3) is 0 Å². The molecule has 2 aromatic rings. The summed E-state index contributed by atoms with van der Waals surface area (Å²) in [5, 5.41) is 6.91. The second kappa shape index (κ2) is 4.12. The first kappa shape index (κ1) is 11.6. The largest absolute Gasteiger partial charge is 0.299 e. The Morgan fingerprint density at radius 2 is 2.26 bits per heavy atom. The summed E-state index contributed by atoms with van der Waals surface area (Å²) in [5.74, 6) is -0.139. The Balaban J connectivity index is 1.85. The van der Waals surface area contributed by atoms with Gasteiger partial charge in [-0.2, -0.15) is 0 Å². The van der Waals surface area contributed by atoms with Gasteiger partial charge in [0.2, 0.25) is 0 Å². The molecule has 0 bridgehead atoms. The molecule has 0 spiro atoms. The minimum atomic E-state index is -0.182. The first-order chi connectivity index (χ1) is 9.28. The maximum atomic E-state index is 13.4. The van der Waals surface area contributed by atoms with Crippen molar-refractivity contribution in [1.29, 1.82) is 0 Å². The molecule has 1 aromatic carbocycles. The summed E-state index contributed by atoms with van der Waals surface area (Å²) in [4.78, 5) is 4.53. The van der Waals surface area contributed by atoms with E-state index in [4.69, 9.17) is 0 Å². The van der Waals surface area contributed by atoms with Gasteiger partial charge in [-0.15, -0.1) is 11.3 Å². The molecule has 2 nitrogen and oxygen atoms in total. The summed E-state index contributed by atoms with van der Waals surface area (Å²) in [6.07, 6.45) is 6.24. The van der Waals surface area contributed by atoms with Crippen molar-refractivity contribution in [3.63, 3.8) is 0 Å². The van der Waals surface area contributed by atoms with E-state index in [0.29, 0.717) is 6.04 Å². The molecular formula is C15H15FN2S. The molecule has 0 amide bonds. The van der Waals surface area contributed by atoms with Gasteiger partial charge in [-0.25, -0.2) is 9.37 Å². The molecule has 4 heteroatoms. The molecule has 2 aliphatic carbocycles. The Morgan fingerprint density at radius 1 is 1.37 bits per heavy atom. The van der Waals surface area contributed by atoms with Crippen LogP contribution >= 0.6 is 11.3 Å². The fraction of sp³-hybridized carbons (Fsp3) is 0.400. The highest BCUT2D eigenvalue weighted by Gasteiger charge is 2.45. The highest BCUT2D eigenvalue weighted by atomic mass is 32.1. The number of nitrogens with one attached hydrogen (secondary N) is 1. The van der Waals surface area contributed by atoms with Gasteiger partial charge in [-0.1, -0.05) is 6.07 Å². The molecule has 1 unspecified atom stereocenters. The maximum Gasteiger partial charge on any atom is 0.123 e. The van der Waals surface area contributed by atoms with E-state index >= 15 is 0 Å². The van der Waals surface area contributed by atoms with Crippen molar-refractivity contribution in [3.8, 4) is 0 Å². The molecule has 19 heavy (non-hydrogen) atoms. The summed E-state index contributed by atoms with van der Waals surface area (Å²) < 4.78 is 13.4. The monoisotopic (exact) mass is 274 g/mol. The summed E-state index contributed by atoms with van der Waals surface area (Å²) >= 11 is 1.69. The van der Waals surface area contributed by atoms with Crippen LogP contribution in [0.5, 0.6) is 0 Å². The third-order valence-corrected chi connectivity index (χ3v) is 5.06. The third kappa shape index (κ3) is 1.82. The average Bonchev–Trinajstić information content (AvgIpc) is 2.92. The van der Waals surface area contributed by atoms with Crippen LogP contribution in [0.4, 0.5) is 4.39 Å². The van der Waals surface area contributed by atoms with Crippen LogP contribution in [-0.2, 0) is 12.0 Å². The van der Waals surface area contributed by atoms with E-state index in [0.717, 1.165) is 23.4 Å². The highest BCUT2D eigenvalue weighted by Crippen LogP contribution is 2.45. The van der Waals surface area contributed by atoms with Crippen LogP contribution in [0.15, 0.2) is 29.8 Å². The average molecular weight is 274 g/mol. The Labute approximate surface area is 115 Å². The number of thiazole rings is 1. The predicted molar refractivity (Wildman–Crippen MR) is 73.8 cm³/mol. The zero-order valence-electron chi connectivity index (χ0n) is 10.5. The van der Waals surface area contributed by atoms with Crippen LogP contribution in [0, 0.1) is 5.82 Å². The molecule has 0 saturated heterocycles. The van der Waals surface area contributed by atoms with Gasteiger partial charge in [0.1, 0.15) is 10.8 Å². The molecule has 1 aromatic heterocycles. The van der Waals surface area contributed by atoms with E-state index in [9.17, 15) is 4.39 Å². The minimum Gasteiger partial charge on any atom is -0.299 e. The Hall–Kier alpha value is -1.26. The number of halogens is 1. The number of nitrogens with zero attached hydrogens (tertiary/aromatic N) is 1. The van der Waals surface area contributed by atoms with Crippen molar-refractivity contribution >= 4 is 11.3 Å². The van der Waals surface area contributed by atoms with Crippen molar-refractivity contribution in [1.82, 2.24) is 10.3 Å². The standard InChI is InChI=1S/C15H15FN2S/c16-11-1-4-13-10(9-11)5-6-15(13,18-12-2-3-12)14-17-7-8-19-14/h1,4,7-9,12,18H,2-3,5-6H2. The lowest BCUT2D eigenvalue weighted by Gasteiger charge is -2.30. The smallest absolute Gasteiger partial charge is 0.123 e. The van der Waals surface area contributed by atoms with Gasteiger partial charge in [0.25, 0.3) is 0 Å². The van der Waals surface area contributed by atoms with Crippen molar-refractivity contribution < 1.29 is 4.39 Å². The molecule has 1 saturated carbocycles. The van der Waals surface area contributed by atoms with Gasteiger partial charge in [-0.3, -0.25) is 5.32 Å². The first-order valence-corrected chi connectivity index (χ1v) is 7.62. The quantitative estimate of drug-likeness (QED) is 0.929. The number of hydrogen-bond donors (Lipinski definition) is 1. The van der Waals surface area contributed by atoms with Crippen molar-refractivity contribution in [3.05, 3.63) is 51.7 Å². The van der Waals surface area contributed by atoms with E-state index in [-0.39, 0.29) is 11.4 Å². The topological polar surface area (TPSA) is 24.9 Å². The van der Waals surface area contributed by atoms with Gasteiger partial charge in [0, 0.05) is 17.6 Å². The van der Waals surface area contributed by atoms with Crippen LogP contribution in [0.1, 0.15) is 35.4 Å². The van der Waals surface area contributed by atoms with Crippen molar-refractivity contribution in [2.45, 2.75) is 37.3 Å². The zero-order chi connectivity index (χ0) is 12.9. The van der Waals surface area contributed by atoms with E-state index in [2.05, 4.69) is 10.3 Å². The van der Waals surface area contributed by atoms with Crippen molar-refractivity contribution in [2.75, 3.05) is 0 Å². The molecule has 1 atom stereocenters. The zero-order valence-corrected chi connectivity index (χ0v) is 11.3. The summed E-state index contributed by atoms with van der Waals surface area (Å²) in [6, 6.07) is 5.79. The number of rotatable bonds is 3. The molecule has 1 fully saturated rings. The number of benzene rings is 1. The number of aromatic nitrogens is 1. The van der Waals surface area contributed by atoms with Crippen LogP contribution < -0.4 is 5.32 Å². The molecule has 1 N–H and O–H groups in total. The van der Waals surface area contributed by atoms with Gasteiger partial charge < -0.3 is 0 Å². The van der Waals surface area contributed by atoms with Gasteiger partial charge in [0.05, 0.1) is 5.54 Å². The lowest BCUT2D eigenvalue weighted by Crippen LogP contribution is -2.42. The van der Waals surface area contributed by atoms with E-state index in [1.54, 1.807) is 23.5 Å². The lowest BCUT2D eigenvalue weighted by atomic mass is 9.92. The fourth-order valence-electron chi connectivity index (χ4n) is 3.09. The van der Waals surface area contributed by atoms with Crippen LogP contribution in [0.3, 0.4) is 0 Å². The lowest BCUT2D eigenvalue weighted by molar-refractivity contribution is 0.393. The van der Waals surface area contributed by atoms with E-state index < -0.39 is 0 Å². The molecule has 0 radical (unpaired) electrons. The van der Waals surface area contributed by atoms with Gasteiger partial charge in [0.15, 0.2) is 0 Å². The van der Waals surface area contributed by atoms with Crippen LogP contribution in [0.2, 0.25) is 0 Å². The Kier molecular flexibility index (Phi) is 2.50. The fourth-order valence-corrected chi connectivity index (χ4v) is 3.93. The van der Waals surface area contributed by atoms with Gasteiger partial charge >= 0.3 is 0 Å². The molecule has 0 aliphatic heterocycles. The SMILES string of the molecule is Fc1ccc2c(c1)CCC2(NC1CC1)c1nccs1. The normalized spacial score (nSPS) is 25.5. The maximum absolute atomic E-state index is 13.4. The molecule has 4 rings (SSSR count). The molecule has 1 heterocycles.